The van der Waals surface area contributed by atoms with Gasteiger partial charge in [0.2, 0.25) is 23.6 Å². The fourth-order valence-corrected chi connectivity index (χ4v) is 22.4. The van der Waals surface area contributed by atoms with E-state index in [1.807, 2.05) is 119 Å². The third kappa shape index (κ3) is 27.6. The fraction of sp³-hybridized carbons (Fsp3) is 0.417. The average molecular weight is 2060 g/mol. The molecule has 12 heterocycles. The molecule has 4 aliphatic rings. The second-order valence-electron chi connectivity index (χ2n) is 35.0. The summed E-state index contributed by atoms with van der Waals surface area (Å²) < 4.78 is 23.5. The second-order valence-corrected chi connectivity index (χ2v) is 42.4. The quantitative estimate of drug-likeness (QED) is 0.0202. The van der Waals surface area contributed by atoms with Crippen molar-refractivity contribution in [3.05, 3.63) is 159 Å². The topological polar surface area (TPSA) is 472 Å². The van der Waals surface area contributed by atoms with Crippen LogP contribution in [0.2, 0.25) is 0 Å². The Morgan fingerprint density at radius 3 is 0.900 bits per heavy atom. The number of nitrogens with two attached hydrogens (primary N) is 4. The van der Waals surface area contributed by atoms with Crippen molar-refractivity contribution in [2.75, 3.05) is 126 Å². The Morgan fingerprint density at radius 1 is 0.371 bits per heavy atom. The maximum Gasteiger partial charge on any atom is 0.282 e. The van der Waals surface area contributed by atoms with Crippen LogP contribution in [0.4, 0.5) is 43.3 Å². The van der Waals surface area contributed by atoms with Gasteiger partial charge in [-0.05, 0) is 209 Å². The van der Waals surface area contributed by atoms with Crippen LogP contribution in [0, 0.1) is 27.7 Å². The Kier molecular flexibility index (Phi) is 36.0. The largest absolute Gasteiger partial charge is 0.489 e. The minimum atomic E-state index is -0.528. The molecular weight excluding hydrogens is 1940 g/mol. The first-order valence-electron chi connectivity index (χ1n) is 46.0. The maximum atomic E-state index is 13.1. The number of carbonyl (C=O) groups is 8. The Morgan fingerprint density at radius 2 is 0.636 bits per heavy atom. The van der Waals surface area contributed by atoms with E-state index in [-0.39, 0.29) is 54.1 Å². The Bertz CT molecular complexity index is 6390. The van der Waals surface area contributed by atoms with Gasteiger partial charge in [0.25, 0.3) is 23.6 Å². The number of benzene rings is 4. The normalized spacial score (nSPS) is 14.5. The number of likely N-dealkylation sites (N-methyl/N-ethyl adjacent to an activating group) is 2. The summed E-state index contributed by atoms with van der Waals surface area (Å²) in [5.41, 5.74) is 31.8. The predicted molar refractivity (Wildman–Crippen MR) is 558 cm³/mol. The molecular formula is C96H119N23O13S8. The number of aryl methyl sites for hydroxylation is 4. The Hall–Kier alpha value is -12.1. The summed E-state index contributed by atoms with van der Waals surface area (Å²) in [6.45, 7) is 41.3. The molecule has 0 spiro atoms. The van der Waals surface area contributed by atoms with E-state index in [4.69, 9.17) is 56.8 Å². The van der Waals surface area contributed by atoms with Gasteiger partial charge in [0.1, 0.15) is 23.0 Å². The summed E-state index contributed by atoms with van der Waals surface area (Å²) in [5.74, 6) is 0.143. The van der Waals surface area contributed by atoms with Crippen LogP contribution in [-0.2, 0) is 0 Å². The molecule has 140 heavy (non-hydrogen) atoms. The summed E-state index contributed by atoms with van der Waals surface area (Å²) in [7, 11) is 2.08. The number of likely N-dealkylation sites (tertiary alicyclic amines) is 1. The molecule has 4 aromatic carbocycles. The van der Waals surface area contributed by atoms with E-state index >= 15 is 0 Å². The number of piperazine rings is 2. The first-order valence-corrected chi connectivity index (χ1v) is 52.8. The number of aliphatic hydroxyl groups excluding tert-OH is 1. The molecule has 0 radical (unpaired) electrons. The SMILES string of the molecule is CCN1CCN(C(=O)c2nc(C)c(-c3csc(Nc4cc(C(N)=O)ccc4OC(C)C)n3)s2)CC1.Cc1nc(C(=O)N2CCC(O)CC2)sc1-c1csc(Nc2cc(C(N)=O)ccc2OC(C)C)n1.Cc1nc(C(=O)N2CCCN(C)CC2)sc1-c1csc(Nc2cc(C(N)=O)ccc2OC(C)C)n1.Cc1nc(C(=O)N2CCN(C(C)C)CC2)sc1-c1csc(Nc2cc(C(N)=O)ccc2OC(C)C)n1. The van der Waals surface area contributed by atoms with Crippen LogP contribution >= 0.6 is 90.7 Å². The molecule has 0 saturated carbocycles. The zero-order chi connectivity index (χ0) is 101. The molecule has 0 bridgehead atoms. The zero-order valence-corrected chi connectivity index (χ0v) is 87.6. The molecule has 8 amide bonds. The van der Waals surface area contributed by atoms with Gasteiger partial charge < -0.3 is 97.7 Å². The number of piperidine rings is 1. The number of primary amides is 4. The van der Waals surface area contributed by atoms with Crippen LogP contribution in [0.3, 0.4) is 0 Å². The van der Waals surface area contributed by atoms with Crippen LogP contribution in [0.15, 0.2) is 94.3 Å². The van der Waals surface area contributed by atoms with Gasteiger partial charge in [-0.25, -0.2) is 39.9 Å². The lowest BCUT2D eigenvalue weighted by Crippen LogP contribution is -2.50. The first kappa shape index (κ1) is 105. The van der Waals surface area contributed by atoms with Gasteiger partial charge in [-0.3, -0.25) is 43.3 Å². The number of hydrogen-bond acceptors (Lipinski definition) is 36. The van der Waals surface area contributed by atoms with E-state index in [9.17, 15) is 43.5 Å². The number of thiazole rings is 8. The number of nitrogens with zero attached hydrogens (tertiary/aromatic N) is 15. The molecule has 8 aromatic heterocycles. The molecule has 0 unspecified atom stereocenters. The molecule has 0 atom stereocenters. The first-order chi connectivity index (χ1) is 66.8. The lowest BCUT2D eigenvalue weighted by molar-refractivity contribution is 0.0543. The summed E-state index contributed by atoms with van der Waals surface area (Å²) in [6, 6.07) is 20.5. The molecule has 744 valence electrons. The number of ether oxygens (including phenoxy) is 4. The van der Waals surface area contributed by atoms with Gasteiger partial charge in [0.15, 0.2) is 40.6 Å². The Balaban J connectivity index is 0.000000157. The van der Waals surface area contributed by atoms with Crippen molar-refractivity contribution in [1.82, 2.24) is 74.2 Å². The molecule has 0 aliphatic carbocycles. The summed E-state index contributed by atoms with van der Waals surface area (Å²) in [4.78, 5) is 154. The molecule has 4 aliphatic heterocycles. The minimum absolute atomic E-state index is 0.0209. The van der Waals surface area contributed by atoms with Crippen LogP contribution < -0.4 is 63.1 Å². The van der Waals surface area contributed by atoms with Crippen molar-refractivity contribution in [2.45, 2.75) is 160 Å². The Labute approximate surface area is 845 Å². The van der Waals surface area contributed by atoms with Crippen molar-refractivity contribution < 1.29 is 62.4 Å². The van der Waals surface area contributed by atoms with E-state index in [2.05, 4.69) is 88.7 Å². The maximum absolute atomic E-state index is 13.1. The standard InChI is InChI=1S/C25H32N6O3S2.2C24H30N6O3S2.C23H27N5O4S2/c1-14(2)30-8-10-31(11-9-30)24(33)23-27-16(5)21(36-23)19-13-35-25(29-19)28-18-12-17(22(26)32)6-7-20(18)34-15(3)4;1-14(2)33-19-7-6-16(21(25)31)12-17(19)27-24-28-18(13-34-24)20-15(3)26-22(35-20)23(32)30-9-5-8-29(4)10-11-30;1-5-29-8-10-30(11-9-29)23(32)22-26-15(4)20(35-22)18-13-34-24(28-18)27-17-12-16(21(25)31)6-7-19(17)33-14(2)3;1-12(2)32-18-5-4-14(20(24)30)10-16(18)26-23-27-17(11-33-23)19-13(3)25-21(34-19)22(31)28-8-6-15(29)7-9-28/h6-7,12-15H,8-11H2,1-5H3,(H2,26,32)(H,28,29);2*6-7,12-14H,5,8-11H2,1-4H3,(H2,25,31)(H,27,28);4-5,10-12,15,29H,6-9H2,1-3H3,(H2,24,30)(H,26,27). The smallest absolute Gasteiger partial charge is 0.282 e. The predicted octanol–water partition coefficient (Wildman–Crippen LogP) is 16.1. The number of hydrogen-bond donors (Lipinski definition) is 9. The van der Waals surface area contributed by atoms with Crippen molar-refractivity contribution in [1.29, 1.82) is 0 Å². The molecule has 12 aromatic rings. The molecule has 13 N–H and O–H groups in total. The molecule has 4 saturated heterocycles. The van der Waals surface area contributed by atoms with Crippen LogP contribution in [-0.4, -0.2) is 268 Å². The highest BCUT2D eigenvalue weighted by Crippen LogP contribution is 2.43. The summed E-state index contributed by atoms with van der Waals surface area (Å²) >= 11 is 11.1. The average Bonchev–Trinajstić information content (AvgIpc) is 1.43. The number of carbonyl (C=O) groups excluding carboxylic acids is 8. The number of nitrogens with one attached hydrogen (secondary N) is 4. The lowest BCUT2D eigenvalue weighted by atomic mass is 10.1. The van der Waals surface area contributed by atoms with Gasteiger partial charge in [0.05, 0.1) is 118 Å². The van der Waals surface area contributed by atoms with Crippen molar-refractivity contribution >= 4 is 181 Å². The van der Waals surface area contributed by atoms with Gasteiger partial charge >= 0.3 is 0 Å². The van der Waals surface area contributed by atoms with Crippen LogP contribution in [0.25, 0.3) is 42.3 Å². The van der Waals surface area contributed by atoms with Gasteiger partial charge in [-0.1, -0.05) is 6.92 Å². The molecule has 36 nitrogen and oxygen atoms in total. The van der Waals surface area contributed by atoms with E-state index in [1.54, 1.807) is 77.7 Å². The van der Waals surface area contributed by atoms with E-state index in [0.717, 1.165) is 131 Å². The lowest BCUT2D eigenvalue weighted by Gasteiger charge is -2.36. The van der Waals surface area contributed by atoms with E-state index in [1.165, 1.54) is 90.7 Å². The number of amides is 8. The van der Waals surface area contributed by atoms with E-state index in [0.29, 0.717) is 166 Å². The van der Waals surface area contributed by atoms with E-state index < -0.39 is 23.6 Å². The monoisotopic (exact) mass is 2060 g/mol. The summed E-state index contributed by atoms with van der Waals surface area (Å²) in [6.07, 6.45) is 1.62. The van der Waals surface area contributed by atoms with Crippen LogP contribution in [0.5, 0.6) is 23.0 Å². The second kappa shape index (κ2) is 47.9. The number of rotatable bonds is 30. The number of aliphatic hydroxyl groups is 1. The van der Waals surface area contributed by atoms with Crippen molar-refractivity contribution in [3.63, 3.8) is 0 Å². The molecule has 44 heteroatoms. The van der Waals surface area contributed by atoms with Gasteiger partial charge in [0, 0.05) is 135 Å². The number of aromatic nitrogens is 8. The fourth-order valence-electron chi connectivity index (χ4n) is 15.2. The highest BCUT2D eigenvalue weighted by Gasteiger charge is 2.33. The van der Waals surface area contributed by atoms with Crippen LogP contribution in [0.1, 0.15) is 199 Å². The summed E-state index contributed by atoms with van der Waals surface area (Å²) in [5, 5.41) is 34.8. The highest BCUT2D eigenvalue weighted by atomic mass is 32.1. The van der Waals surface area contributed by atoms with Gasteiger partial charge in [-0.15, -0.1) is 90.7 Å². The minimum Gasteiger partial charge on any atom is -0.489 e. The van der Waals surface area contributed by atoms with Crippen molar-refractivity contribution in [2.24, 2.45) is 22.9 Å². The van der Waals surface area contributed by atoms with Gasteiger partial charge in [-0.2, -0.15) is 0 Å². The third-order valence-corrected chi connectivity index (χ3v) is 30.2. The zero-order valence-electron chi connectivity index (χ0n) is 81.1. The molecule has 4 fully saturated rings. The number of anilines is 8. The molecule has 16 rings (SSSR count). The highest BCUT2D eigenvalue weighted by molar-refractivity contribution is 7.20. The third-order valence-electron chi connectivity index (χ3n) is 22.5. The van der Waals surface area contributed by atoms with Crippen molar-refractivity contribution in [3.8, 4) is 65.3 Å².